The first-order valence-corrected chi connectivity index (χ1v) is 7.07. The van der Waals surface area contributed by atoms with Crippen LogP contribution in [0.3, 0.4) is 0 Å². The van der Waals surface area contributed by atoms with Crippen LogP contribution in [0.5, 0.6) is 0 Å². The summed E-state index contributed by atoms with van der Waals surface area (Å²) in [6, 6.07) is 5.81. The quantitative estimate of drug-likeness (QED) is 0.646. The maximum absolute atomic E-state index is 11.1. The number of hydrogen-bond acceptors (Lipinski definition) is 5. The molecule has 20 heavy (non-hydrogen) atoms. The van der Waals surface area contributed by atoms with Crippen molar-refractivity contribution < 1.29 is 0 Å². The summed E-state index contributed by atoms with van der Waals surface area (Å²) in [4.78, 5) is 18.1. The van der Waals surface area contributed by atoms with Gasteiger partial charge in [-0.25, -0.2) is 0 Å². The Hall–Kier alpha value is -2.34. The minimum atomic E-state index is -0.0380. The number of aromatic nitrogens is 2. The Kier molecular flexibility index (Phi) is 3.15. The van der Waals surface area contributed by atoms with Gasteiger partial charge in [-0.1, -0.05) is 11.3 Å². The fourth-order valence-corrected chi connectivity index (χ4v) is 2.69. The van der Waals surface area contributed by atoms with Crippen molar-refractivity contribution in [1.29, 1.82) is 0 Å². The van der Waals surface area contributed by atoms with Crippen LogP contribution in [-0.2, 0) is 6.54 Å². The number of thiazole rings is 1. The maximum Gasteiger partial charge on any atom is 0.304 e. The second-order valence-electron chi connectivity index (χ2n) is 4.60. The Morgan fingerprint density at radius 2 is 2.25 bits per heavy atom. The van der Waals surface area contributed by atoms with Gasteiger partial charge in [0, 0.05) is 45.1 Å². The molecule has 0 amide bonds. The lowest BCUT2D eigenvalue weighted by atomic mass is 10.1. The van der Waals surface area contributed by atoms with E-state index in [4.69, 9.17) is 5.73 Å². The van der Waals surface area contributed by atoms with Gasteiger partial charge >= 0.3 is 4.87 Å². The number of hydrogen-bond donors (Lipinski definition) is 3. The molecule has 0 fully saturated rings. The van der Waals surface area contributed by atoms with E-state index in [0.29, 0.717) is 12.2 Å². The largest absolute Gasteiger partial charge is 0.398 e. The number of rotatable bonds is 3. The molecule has 0 aliphatic heterocycles. The lowest BCUT2D eigenvalue weighted by Gasteiger charge is -2.11. The SMILES string of the molecule is Cc1cc2c(NCc3csc(=O)[nH]3)ccc(N)c2cn1. The smallest absolute Gasteiger partial charge is 0.304 e. The minimum Gasteiger partial charge on any atom is -0.398 e. The van der Waals surface area contributed by atoms with Crippen molar-refractivity contribution in [3.05, 3.63) is 50.8 Å². The number of anilines is 2. The van der Waals surface area contributed by atoms with Gasteiger partial charge in [-0.2, -0.15) is 0 Å². The molecule has 0 spiro atoms. The first-order valence-electron chi connectivity index (χ1n) is 6.19. The summed E-state index contributed by atoms with van der Waals surface area (Å²) in [6.07, 6.45) is 1.79. The lowest BCUT2D eigenvalue weighted by molar-refractivity contribution is 1.06. The highest BCUT2D eigenvalue weighted by Gasteiger charge is 2.05. The first-order chi connectivity index (χ1) is 9.63. The number of aryl methyl sites for hydroxylation is 1. The number of benzene rings is 1. The summed E-state index contributed by atoms with van der Waals surface area (Å²) >= 11 is 1.17. The maximum atomic E-state index is 11.1. The van der Waals surface area contributed by atoms with Gasteiger partial charge in [0.25, 0.3) is 0 Å². The highest BCUT2D eigenvalue weighted by molar-refractivity contribution is 7.07. The van der Waals surface area contributed by atoms with E-state index in [0.717, 1.165) is 27.8 Å². The predicted molar refractivity (Wildman–Crippen MR) is 83.2 cm³/mol. The van der Waals surface area contributed by atoms with Crippen LogP contribution in [0.15, 0.2) is 34.6 Å². The molecule has 1 aromatic carbocycles. The molecule has 3 aromatic rings. The molecule has 3 rings (SSSR count). The summed E-state index contributed by atoms with van der Waals surface area (Å²) in [5.74, 6) is 0. The second kappa shape index (κ2) is 4.97. The number of nitrogens with two attached hydrogens (primary N) is 1. The van der Waals surface area contributed by atoms with E-state index in [-0.39, 0.29) is 4.87 Å². The molecule has 2 heterocycles. The molecular formula is C14H14N4OS. The van der Waals surface area contributed by atoms with E-state index >= 15 is 0 Å². The molecule has 4 N–H and O–H groups in total. The molecule has 0 saturated carbocycles. The third kappa shape index (κ3) is 2.37. The van der Waals surface area contributed by atoms with Crippen molar-refractivity contribution >= 4 is 33.5 Å². The molecule has 0 unspecified atom stereocenters. The standard InChI is InChI=1S/C14H14N4OS/c1-8-4-10-11(6-16-8)12(15)2-3-13(10)17-5-9-7-20-14(19)18-9/h2-4,6-7,17H,5,15H2,1H3,(H,18,19). The van der Waals surface area contributed by atoms with Gasteiger partial charge in [0.05, 0.1) is 6.54 Å². The fraction of sp³-hybridized carbons (Fsp3) is 0.143. The van der Waals surface area contributed by atoms with E-state index < -0.39 is 0 Å². The minimum absolute atomic E-state index is 0.0380. The normalized spacial score (nSPS) is 10.8. The van der Waals surface area contributed by atoms with E-state index in [1.165, 1.54) is 11.3 Å². The Balaban J connectivity index is 1.96. The molecule has 2 aromatic heterocycles. The second-order valence-corrected chi connectivity index (χ2v) is 5.44. The summed E-state index contributed by atoms with van der Waals surface area (Å²) in [5, 5.41) is 7.11. The first kappa shape index (κ1) is 12.7. The van der Waals surface area contributed by atoms with Crippen molar-refractivity contribution in [3.63, 3.8) is 0 Å². The van der Waals surface area contributed by atoms with E-state index in [9.17, 15) is 4.79 Å². The van der Waals surface area contributed by atoms with Gasteiger partial charge in [-0.05, 0) is 25.1 Å². The monoisotopic (exact) mass is 286 g/mol. The van der Waals surface area contributed by atoms with Crippen molar-refractivity contribution in [2.24, 2.45) is 0 Å². The zero-order valence-electron chi connectivity index (χ0n) is 10.9. The zero-order chi connectivity index (χ0) is 14.1. The molecule has 0 radical (unpaired) electrons. The number of H-pyrrole nitrogens is 1. The lowest BCUT2D eigenvalue weighted by Crippen LogP contribution is -2.03. The van der Waals surface area contributed by atoms with Gasteiger partial charge < -0.3 is 16.0 Å². The van der Waals surface area contributed by atoms with Crippen LogP contribution < -0.4 is 15.9 Å². The Morgan fingerprint density at radius 3 is 3.00 bits per heavy atom. The van der Waals surface area contributed by atoms with Crippen LogP contribution in [0.2, 0.25) is 0 Å². The van der Waals surface area contributed by atoms with Crippen LogP contribution in [0.4, 0.5) is 11.4 Å². The Morgan fingerprint density at radius 1 is 1.40 bits per heavy atom. The third-order valence-corrected chi connectivity index (χ3v) is 3.83. The fourth-order valence-electron chi connectivity index (χ4n) is 2.11. The van der Waals surface area contributed by atoms with Gasteiger partial charge in [-0.15, -0.1) is 0 Å². The Bertz CT molecular complexity index is 821. The zero-order valence-corrected chi connectivity index (χ0v) is 11.8. The van der Waals surface area contributed by atoms with Crippen molar-refractivity contribution in [2.75, 3.05) is 11.1 Å². The molecule has 6 heteroatoms. The molecule has 0 bridgehead atoms. The number of nitrogens with zero attached hydrogens (tertiary/aromatic N) is 1. The number of nitrogen functional groups attached to an aromatic ring is 1. The number of pyridine rings is 1. The molecule has 0 saturated heterocycles. The van der Waals surface area contributed by atoms with Gasteiger partial charge in [0.15, 0.2) is 0 Å². The Labute approximate surface area is 119 Å². The van der Waals surface area contributed by atoms with E-state index in [1.54, 1.807) is 6.20 Å². The highest BCUT2D eigenvalue weighted by Crippen LogP contribution is 2.28. The van der Waals surface area contributed by atoms with Gasteiger partial charge in [-0.3, -0.25) is 9.78 Å². The molecule has 102 valence electrons. The van der Waals surface area contributed by atoms with Crippen LogP contribution in [0.1, 0.15) is 11.4 Å². The van der Waals surface area contributed by atoms with Crippen LogP contribution in [-0.4, -0.2) is 9.97 Å². The molecule has 0 atom stereocenters. The van der Waals surface area contributed by atoms with Crippen molar-refractivity contribution in [1.82, 2.24) is 9.97 Å². The molecule has 0 aliphatic carbocycles. The summed E-state index contributed by atoms with van der Waals surface area (Å²) in [7, 11) is 0. The summed E-state index contributed by atoms with van der Waals surface area (Å²) in [6.45, 7) is 2.52. The van der Waals surface area contributed by atoms with Crippen LogP contribution in [0.25, 0.3) is 10.8 Å². The van der Waals surface area contributed by atoms with Crippen LogP contribution in [0, 0.1) is 6.92 Å². The van der Waals surface area contributed by atoms with Gasteiger partial charge in [0.2, 0.25) is 0 Å². The summed E-state index contributed by atoms with van der Waals surface area (Å²) < 4.78 is 0. The van der Waals surface area contributed by atoms with Crippen LogP contribution >= 0.6 is 11.3 Å². The molecular weight excluding hydrogens is 272 g/mol. The third-order valence-electron chi connectivity index (χ3n) is 3.11. The van der Waals surface area contributed by atoms with Crippen molar-refractivity contribution in [3.8, 4) is 0 Å². The van der Waals surface area contributed by atoms with E-state index in [1.807, 2.05) is 30.5 Å². The van der Waals surface area contributed by atoms with Gasteiger partial charge in [0.1, 0.15) is 0 Å². The number of fused-ring (bicyclic) bond motifs is 1. The van der Waals surface area contributed by atoms with E-state index in [2.05, 4.69) is 15.3 Å². The average Bonchev–Trinajstić information content (AvgIpc) is 2.84. The number of nitrogens with one attached hydrogen (secondary N) is 2. The molecule has 0 aliphatic rings. The number of aromatic amines is 1. The predicted octanol–water partition coefficient (Wildman–Crippen LogP) is 2.49. The summed E-state index contributed by atoms with van der Waals surface area (Å²) in [5.41, 5.74) is 9.47. The average molecular weight is 286 g/mol. The topological polar surface area (TPSA) is 83.8 Å². The van der Waals surface area contributed by atoms with Crippen molar-refractivity contribution in [2.45, 2.75) is 13.5 Å². The highest BCUT2D eigenvalue weighted by atomic mass is 32.1. The molecule has 5 nitrogen and oxygen atoms in total.